The van der Waals surface area contributed by atoms with Gasteiger partial charge < -0.3 is 10.2 Å². The molecule has 3 rings (SSSR count). The van der Waals surface area contributed by atoms with Gasteiger partial charge in [-0.15, -0.1) is 0 Å². The van der Waals surface area contributed by atoms with Crippen molar-refractivity contribution >= 4 is 50.7 Å². The van der Waals surface area contributed by atoms with Crippen LogP contribution in [-0.4, -0.2) is 50.0 Å². The second kappa shape index (κ2) is 11.8. The van der Waals surface area contributed by atoms with E-state index in [1.165, 1.54) is 4.90 Å². The number of amides is 2. The maximum atomic E-state index is 13.7. The Bertz CT molecular complexity index is 1230. The number of nitrogens with one attached hydrogen (secondary N) is 1. The van der Waals surface area contributed by atoms with E-state index in [2.05, 4.69) is 5.32 Å². The molecule has 10 heteroatoms. The summed E-state index contributed by atoms with van der Waals surface area (Å²) in [5.41, 5.74) is 2.78. The zero-order chi connectivity index (χ0) is 26.6. The van der Waals surface area contributed by atoms with Gasteiger partial charge in [0.05, 0.1) is 22.0 Å². The quantitative estimate of drug-likeness (QED) is 0.480. The topological polar surface area (TPSA) is 86.8 Å². The molecule has 0 aromatic heterocycles. The molecule has 0 radical (unpaired) electrons. The summed E-state index contributed by atoms with van der Waals surface area (Å²) in [7, 11) is -3.79. The Kier molecular flexibility index (Phi) is 9.30. The van der Waals surface area contributed by atoms with E-state index in [0.29, 0.717) is 21.3 Å². The van der Waals surface area contributed by atoms with Crippen molar-refractivity contribution in [2.75, 3.05) is 17.1 Å². The van der Waals surface area contributed by atoms with E-state index in [0.717, 1.165) is 47.4 Å². The third-order valence-corrected chi connectivity index (χ3v) is 8.60. The summed E-state index contributed by atoms with van der Waals surface area (Å²) >= 11 is 12.2. The van der Waals surface area contributed by atoms with Crippen molar-refractivity contribution in [2.45, 2.75) is 65.1 Å². The Labute approximate surface area is 223 Å². The van der Waals surface area contributed by atoms with Crippen LogP contribution in [0.15, 0.2) is 36.4 Å². The molecule has 196 valence electrons. The van der Waals surface area contributed by atoms with Crippen LogP contribution in [0.4, 0.5) is 5.69 Å². The lowest BCUT2D eigenvalue weighted by Crippen LogP contribution is -2.52. The van der Waals surface area contributed by atoms with Gasteiger partial charge in [0, 0.05) is 12.6 Å². The van der Waals surface area contributed by atoms with E-state index in [9.17, 15) is 18.0 Å². The number of benzene rings is 2. The standard InChI is InChI=1S/C26H33Cl2N3O4S/c1-17-8-7-11-24(18(17)2)31(36(4,34)35)16-25(32)30(15-20-12-13-22(27)23(28)14-20)19(3)26(33)29-21-9-5-6-10-21/h7-8,11-14,19,21H,5-6,9-10,15-16H2,1-4H3,(H,29,33)/t19-/m1/s1. The summed E-state index contributed by atoms with van der Waals surface area (Å²) in [6.07, 6.45) is 5.01. The van der Waals surface area contributed by atoms with E-state index >= 15 is 0 Å². The van der Waals surface area contributed by atoms with Crippen molar-refractivity contribution in [3.8, 4) is 0 Å². The second-order valence-corrected chi connectivity index (χ2v) is 12.1. The number of carbonyl (C=O) groups is 2. The van der Waals surface area contributed by atoms with Crippen molar-refractivity contribution in [1.82, 2.24) is 10.2 Å². The Hall–Kier alpha value is -2.29. The van der Waals surface area contributed by atoms with Gasteiger partial charge in [-0.3, -0.25) is 13.9 Å². The van der Waals surface area contributed by atoms with Crippen molar-refractivity contribution < 1.29 is 18.0 Å². The molecule has 2 amide bonds. The predicted molar refractivity (Wildman–Crippen MR) is 145 cm³/mol. The van der Waals surface area contributed by atoms with Crippen molar-refractivity contribution in [1.29, 1.82) is 0 Å². The summed E-state index contributed by atoms with van der Waals surface area (Å²) in [6.45, 7) is 4.99. The number of carbonyl (C=O) groups excluding carboxylic acids is 2. The highest BCUT2D eigenvalue weighted by molar-refractivity contribution is 7.92. The van der Waals surface area contributed by atoms with Crippen LogP contribution < -0.4 is 9.62 Å². The fraction of sp³-hybridized carbons (Fsp3) is 0.462. The predicted octanol–water partition coefficient (Wildman–Crippen LogP) is 4.85. The van der Waals surface area contributed by atoms with Gasteiger partial charge in [-0.25, -0.2) is 8.42 Å². The molecular formula is C26H33Cl2N3O4S. The van der Waals surface area contributed by atoms with E-state index < -0.39 is 28.5 Å². The molecule has 1 aliphatic carbocycles. The Morgan fingerprint density at radius 3 is 2.36 bits per heavy atom. The third-order valence-electron chi connectivity index (χ3n) is 6.73. The lowest BCUT2D eigenvalue weighted by Gasteiger charge is -2.32. The summed E-state index contributed by atoms with van der Waals surface area (Å²) in [5.74, 6) is -0.769. The van der Waals surface area contributed by atoms with Gasteiger partial charge in [-0.1, -0.05) is 54.2 Å². The minimum atomic E-state index is -3.79. The molecule has 0 unspecified atom stereocenters. The maximum absolute atomic E-state index is 13.7. The fourth-order valence-corrected chi connectivity index (χ4v) is 5.63. The molecule has 2 aromatic rings. The van der Waals surface area contributed by atoms with Crippen LogP contribution in [0.2, 0.25) is 10.0 Å². The molecule has 1 saturated carbocycles. The van der Waals surface area contributed by atoms with Crippen LogP contribution >= 0.6 is 23.2 Å². The average Bonchev–Trinajstić information content (AvgIpc) is 3.32. The highest BCUT2D eigenvalue weighted by Crippen LogP contribution is 2.27. The number of aryl methyl sites for hydroxylation is 1. The van der Waals surface area contributed by atoms with Crippen LogP contribution in [0.1, 0.15) is 49.3 Å². The zero-order valence-electron chi connectivity index (χ0n) is 21.1. The largest absolute Gasteiger partial charge is 0.352 e. The Morgan fingerprint density at radius 2 is 1.75 bits per heavy atom. The normalized spacial score (nSPS) is 14.9. The van der Waals surface area contributed by atoms with Crippen molar-refractivity contribution in [3.05, 3.63) is 63.1 Å². The number of nitrogens with zero attached hydrogens (tertiary/aromatic N) is 2. The third kappa shape index (κ3) is 6.93. The van der Waals surface area contributed by atoms with Gasteiger partial charge >= 0.3 is 0 Å². The van der Waals surface area contributed by atoms with Crippen LogP contribution in [0.25, 0.3) is 0 Å². The number of hydrogen-bond acceptors (Lipinski definition) is 4. The van der Waals surface area contributed by atoms with Crippen LogP contribution in [0, 0.1) is 13.8 Å². The number of rotatable bonds is 9. The molecule has 36 heavy (non-hydrogen) atoms. The number of halogens is 2. The second-order valence-electron chi connectivity index (χ2n) is 9.42. The van der Waals surface area contributed by atoms with Gasteiger partial charge in [0.15, 0.2) is 0 Å². The molecule has 1 fully saturated rings. The van der Waals surface area contributed by atoms with Crippen molar-refractivity contribution in [3.63, 3.8) is 0 Å². The molecule has 1 N–H and O–H groups in total. The Morgan fingerprint density at radius 1 is 1.08 bits per heavy atom. The highest BCUT2D eigenvalue weighted by Gasteiger charge is 2.32. The molecule has 1 atom stereocenters. The monoisotopic (exact) mass is 553 g/mol. The summed E-state index contributed by atoms with van der Waals surface area (Å²) in [6, 6.07) is 9.58. The van der Waals surface area contributed by atoms with Gasteiger partial charge in [0.25, 0.3) is 0 Å². The molecule has 0 aliphatic heterocycles. The van der Waals surface area contributed by atoms with Gasteiger partial charge in [-0.2, -0.15) is 0 Å². The molecule has 0 bridgehead atoms. The number of anilines is 1. The molecule has 0 heterocycles. The van der Waals surface area contributed by atoms with Gasteiger partial charge in [0.2, 0.25) is 21.8 Å². The first-order valence-electron chi connectivity index (χ1n) is 12.0. The van der Waals surface area contributed by atoms with E-state index in [1.54, 1.807) is 37.3 Å². The summed E-state index contributed by atoms with van der Waals surface area (Å²) in [4.78, 5) is 28.2. The molecular weight excluding hydrogens is 521 g/mol. The lowest BCUT2D eigenvalue weighted by molar-refractivity contribution is -0.139. The zero-order valence-corrected chi connectivity index (χ0v) is 23.4. The van der Waals surface area contributed by atoms with Crippen LogP contribution in [-0.2, 0) is 26.2 Å². The molecule has 1 aliphatic rings. The lowest BCUT2D eigenvalue weighted by atomic mass is 10.1. The number of sulfonamides is 1. The fourth-order valence-electron chi connectivity index (χ4n) is 4.41. The average molecular weight is 555 g/mol. The molecule has 7 nitrogen and oxygen atoms in total. The van der Waals surface area contributed by atoms with E-state index in [4.69, 9.17) is 23.2 Å². The van der Waals surface area contributed by atoms with Crippen LogP contribution in [0.3, 0.4) is 0 Å². The smallest absolute Gasteiger partial charge is 0.244 e. The maximum Gasteiger partial charge on any atom is 0.244 e. The molecule has 0 spiro atoms. The number of hydrogen-bond donors (Lipinski definition) is 1. The minimum Gasteiger partial charge on any atom is -0.352 e. The summed E-state index contributed by atoms with van der Waals surface area (Å²) in [5, 5.41) is 3.75. The van der Waals surface area contributed by atoms with E-state index in [-0.39, 0.29) is 18.5 Å². The minimum absolute atomic E-state index is 0.0688. The van der Waals surface area contributed by atoms with Crippen LogP contribution in [0.5, 0.6) is 0 Å². The molecule has 0 saturated heterocycles. The first-order valence-corrected chi connectivity index (χ1v) is 14.6. The van der Waals surface area contributed by atoms with Gasteiger partial charge in [0.1, 0.15) is 12.6 Å². The first-order chi connectivity index (χ1) is 16.9. The highest BCUT2D eigenvalue weighted by atomic mass is 35.5. The van der Waals surface area contributed by atoms with Gasteiger partial charge in [-0.05, 0) is 68.5 Å². The summed E-state index contributed by atoms with van der Waals surface area (Å²) < 4.78 is 26.6. The Balaban J connectivity index is 1.93. The SMILES string of the molecule is Cc1cccc(N(CC(=O)N(Cc2ccc(Cl)c(Cl)c2)[C@H](C)C(=O)NC2CCCC2)S(C)(=O)=O)c1C. The van der Waals surface area contributed by atoms with Crippen molar-refractivity contribution in [2.24, 2.45) is 0 Å². The van der Waals surface area contributed by atoms with E-state index in [1.807, 2.05) is 19.9 Å². The first kappa shape index (κ1) is 28.3. The molecule has 2 aromatic carbocycles.